The molecule has 1 aliphatic heterocycles. The van der Waals surface area contributed by atoms with E-state index in [1.807, 2.05) is 24.3 Å². The standard InChI is InChI=1S/C23H31NO2S/c25-27(26,23-13-11-21(12-14-23)19-7-3-1-4-8-19)24-17-15-22(16-18-24)20-9-5-2-6-10-20/h5-6,9-14,19-20,22H,1-4,7-8,15-18H2. The van der Waals surface area contributed by atoms with Gasteiger partial charge in [0.05, 0.1) is 4.90 Å². The highest BCUT2D eigenvalue weighted by molar-refractivity contribution is 7.89. The molecule has 4 heteroatoms. The maximum absolute atomic E-state index is 13.1. The minimum Gasteiger partial charge on any atom is -0.207 e. The summed E-state index contributed by atoms with van der Waals surface area (Å²) in [5.74, 6) is 1.67. The molecule has 0 atom stereocenters. The van der Waals surface area contributed by atoms with E-state index in [0.717, 1.165) is 19.3 Å². The Morgan fingerprint density at radius 2 is 1.44 bits per heavy atom. The summed E-state index contributed by atoms with van der Waals surface area (Å²) in [5, 5.41) is 0. The third-order valence-corrected chi connectivity index (χ3v) is 8.54. The monoisotopic (exact) mass is 385 g/mol. The van der Waals surface area contributed by atoms with E-state index in [-0.39, 0.29) is 0 Å². The van der Waals surface area contributed by atoms with Crippen molar-refractivity contribution in [2.24, 2.45) is 11.8 Å². The molecule has 0 radical (unpaired) electrons. The van der Waals surface area contributed by atoms with Crippen LogP contribution in [-0.4, -0.2) is 25.8 Å². The van der Waals surface area contributed by atoms with E-state index in [4.69, 9.17) is 0 Å². The zero-order valence-corrected chi connectivity index (χ0v) is 16.9. The molecule has 146 valence electrons. The quantitative estimate of drug-likeness (QED) is 0.662. The van der Waals surface area contributed by atoms with Crippen molar-refractivity contribution in [2.75, 3.05) is 13.1 Å². The number of sulfonamides is 1. The van der Waals surface area contributed by atoms with Crippen molar-refractivity contribution in [1.82, 2.24) is 4.31 Å². The minimum absolute atomic E-state index is 0.456. The fourth-order valence-corrected chi connectivity index (χ4v) is 6.40. The van der Waals surface area contributed by atoms with Crippen LogP contribution in [0.25, 0.3) is 0 Å². The fourth-order valence-electron chi connectivity index (χ4n) is 4.93. The number of benzene rings is 1. The zero-order chi connectivity index (χ0) is 18.7. The lowest BCUT2D eigenvalue weighted by atomic mass is 9.83. The van der Waals surface area contributed by atoms with Gasteiger partial charge in [0.1, 0.15) is 0 Å². The third kappa shape index (κ3) is 4.22. The molecule has 1 heterocycles. The van der Waals surface area contributed by atoms with Crippen LogP contribution in [0.1, 0.15) is 62.8 Å². The van der Waals surface area contributed by atoms with Crippen molar-refractivity contribution in [3.63, 3.8) is 0 Å². The second kappa shape index (κ2) is 8.32. The number of nitrogens with zero attached hydrogens (tertiary/aromatic N) is 1. The van der Waals surface area contributed by atoms with Crippen molar-refractivity contribution in [2.45, 2.75) is 62.2 Å². The van der Waals surface area contributed by atoms with E-state index in [1.54, 1.807) is 4.31 Å². The zero-order valence-electron chi connectivity index (χ0n) is 16.1. The number of rotatable bonds is 4. The number of hydrogen-bond donors (Lipinski definition) is 0. The van der Waals surface area contributed by atoms with Gasteiger partial charge >= 0.3 is 0 Å². The van der Waals surface area contributed by atoms with E-state index in [9.17, 15) is 8.42 Å². The van der Waals surface area contributed by atoms with Gasteiger partial charge in [-0.15, -0.1) is 0 Å². The van der Waals surface area contributed by atoms with Crippen molar-refractivity contribution in [1.29, 1.82) is 0 Å². The topological polar surface area (TPSA) is 37.4 Å². The molecule has 2 aliphatic carbocycles. The fraction of sp³-hybridized carbons (Fsp3) is 0.565. The largest absolute Gasteiger partial charge is 0.243 e. The minimum atomic E-state index is -3.37. The molecular formula is C23H31NO2S. The summed E-state index contributed by atoms with van der Waals surface area (Å²) in [6, 6.07) is 7.76. The van der Waals surface area contributed by atoms with Gasteiger partial charge in [0.15, 0.2) is 0 Å². The Hall–Kier alpha value is -1.39. The van der Waals surface area contributed by atoms with Crippen LogP contribution in [-0.2, 0) is 10.0 Å². The molecule has 1 saturated carbocycles. The van der Waals surface area contributed by atoms with Crippen LogP contribution in [0.2, 0.25) is 0 Å². The van der Waals surface area contributed by atoms with E-state index >= 15 is 0 Å². The maximum atomic E-state index is 13.1. The second-order valence-corrected chi connectivity index (χ2v) is 10.3. The molecule has 1 aromatic rings. The highest BCUT2D eigenvalue weighted by atomic mass is 32.2. The van der Waals surface area contributed by atoms with Gasteiger partial charge in [-0.1, -0.05) is 55.7 Å². The van der Waals surface area contributed by atoms with E-state index < -0.39 is 10.0 Å². The van der Waals surface area contributed by atoms with Gasteiger partial charge < -0.3 is 0 Å². The highest BCUT2D eigenvalue weighted by Gasteiger charge is 2.31. The third-order valence-electron chi connectivity index (χ3n) is 6.63. The molecule has 0 N–H and O–H groups in total. The Morgan fingerprint density at radius 3 is 2.07 bits per heavy atom. The molecule has 0 unspecified atom stereocenters. The number of allylic oxidation sites excluding steroid dienone is 4. The van der Waals surface area contributed by atoms with Crippen molar-refractivity contribution in [3.8, 4) is 0 Å². The van der Waals surface area contributed by atoms with Crippen LogP contribution in [0.5, 0.6) is 0 Å². The molecule has 0 aromatic heterocycles. The summed E-state index contributed by atoms with van der Waals surface area (Å²) in [6.07, 6.45) is 18.4. The van der Waals surface area contributed by atoms with Crippen molar-refractivity contribution < 1.29 is 8.42 Å². The van der Waals surface area contributed by atoms with Crippen LogP contribution in [0.3, 0.4) is 0 Å². The summed E-state index contributed by atoms with van der Waals surface area (Å²) in [6.45, 7) is 1.27. The Bertz CT molecular complexity index is 768. The molecule has 4 rings (SSSR count). The van der Waals surface area contributed by atoms with Gasteiger partial charge in [0, 0.05) is 13.1 Å². The Labute approximate surface area is 164 Å². The summed E-state index contributed by atoms with van der Waals surface area (Å²) in [5.41, 5.74) is 1.31. The molecule has 3 aliphatic rings. The molecule has 3 nitrogen and oxygen atoms in total. The first kappa shape index (κ1) is 18.9. The first-order chi connectivity index (χ1) is 13.1. The Balaban J connectivity index is 1.40. The van der Waals surface area contributed by atoms with Gasteiger partial charge in [-0.2, -0.15) is 4.31 Å². The Kier molecular flexibility index (Phi) is 5.84. The number of piperidine rings is 1. The summed E-state index contributed by atoms with van der Waals surface area (Å²) in [7, 11) is -3.37. The van der Waals surface area contributed by atoms with Gasteiger partial charge in [-0.05, 0) is 67.6 Å². The number of hydrogen-bond acceptors (Lipinski definition) is 2. The van der Waals surface area contributed by atoms with Crippen LogP contribution in [0, 0.1) is 11.8 Å². The molecule has 2 fully saturated rings. The molecule has 0 bridgehead atoms. The van der Waals surface area contributed by atoms with Crippen molar-refractivity contribution in [3.05, 3.63) is 54.1 Å². The van der Waals surface area contributed by atoms with Gasteiger partial charge in [-0.25, -0.2) is 8.42 Å². The maximum Gasteiger partial charge on any atom is 0.243 e. The molecule has 0 amide bonds. The molecular weight excluding hydrogens is 354 g/mol. The Morgan fingerprint density at radius 1 is 0.815 bits per heavy atom. The van der Waals surface area contributed by atoms with Gasteiger partial charge in [0.2, 0.25) is 10.0 Å². The van der Waals surface area contributed by atoms with E-state index in [2.05, 4.69) is 24.3 Å². The SMILES string of the molecule is O=S(=O)(c1ccc(C2CCCCC2)cc1)N1CCC(C2C=CCC=C2)CC1. The van der Waals surface area contributed by atoms with E-state index in [1.165, 1.54) is 37.7 Å². The first-order valence-electron chi connectivity index (χ1n) is 10.6. The molecule has 27 heavy (non-hydrogen) atoms. The summed E-state index contributed by atoms with van der Waals surface area (Å²) in [4.78, 5) is 0.456. The molecule has 0 spiro atoms. The van der Waals surface area contributed by atoms with Crippen molar-refractivity contribution >= 4 is 10.0 Å². The second-order valence-electron chi connectivity index (χ2n) is 8.31. The van der Waals surface area contributed by atoms with Crippen LogP contribution in [0.4, 0.5) is 0 Å². The average Bonchev–Trinajstić information content (AvgIpc) is 2.75. The molecule has 1 aromatic carbocycles. The van der Waals surface area contributed by atoms with Gasteiger partial charge in [0.25, 0.3) is 0 Å². The molecule has 1 saturated heterocycles. The van der Waals surface area contributed by atoms with E-state index in [0.29, 0.717) is 35.7 Å². The predicted octanol–water partition coefficient (Wildman–Crippen LogP) is 5.27. The average molecular weight is 386 g/mol. The lowest BCUT2D eigenvalue weighted by Crippen LogP contribution is -2.39. The smallest absolute Gasteiger partial charge is 0.207 e. The van der Waals surface area contributed by atoms with Crippen LogP contribution < -0.4 is 0 Å². The van der Waals surface area contributed by atoms with Crippen LogP contribution >= 0.6 is 0 Å². The lowest BCUT2D eigenvalue weighted by Gasteiger charge is -2.34. The summed E-state index contributed by atoms with van der Waals surface area (Å²) >= 11 is 0. The predicted molar refractivity (Wildman–Crippen MR) is 110 cm³/mol. The first-order valence-corrected chi connectivity index (χ1v) is 12.0. The highest BCUT2D eigenvalue weighted by Crippen LogP contribution is 2.34. The van der Waals surface area contributed by atoms with Crippen LogP contribution in [0.15, 0.2) is 53.5 Å². The summed E-state index contributed by atoms with van der Waals surface area (Å²) < 4.78 is 27.8. The normalized spacial score (nSPS) is 23.7. The lowest BCUT2D eigenvalue weighted by molar-refractivity contribution is 0.250. The van der Waals surface area contributed by atoms with Gasteiger partial charge in [-0.3, -0.25) is 0 Å².